The van der Waals surface area contributed by atoms with Crippen molar-refractivity contribution in [3.63, 3.8) is 0 Å². The molecule has 0 saturated carbocycles. The van der Waals surface area contributed by atoms with Gasteiger partial charge in [0.25, 0.3) is 5.91 Å². The summed E-state index contributed by atoms with van der Waals surface area (Å²) < 4.78 is 5.48. The molecule has 0 aliphatic carbocycles. The van der Waals surface area contributed by atoms with Crippen molar-refractivity contribution in [1.29, 1.82) is 0 Å². The van der Waals surface area contributed by atoms with Crippen molar-refractivity contribution < 1.29 is 23.9 Å². The standard InChI is InChI=1S/C28H18ClNO5/c29-19-8-5-9-20(15-19)30-27(33)25(32)23(26-21-10-3-4-11-22(21)28(34)35-26)24(31)18-13-12-16-6-1-2-7-17(16)14-18/h1-15,23,26H,(H,30,33)/t23-,26-/m1/s1. The van der Waals surface area contributed by atoms with Crippen molar-refractivity contribution in [3.8, 4) is 0 Å². The van der Waals surface area contributed by atoms with E-state index in [4.69, 9.17) is 16.3 Å². The van der Waals surface area contributed by atoms with E-state index in [1.54, 1.807) is 60.7 Å². The molecule has 1 aliphatic heterocycles. The number of esters is 1. The van der Waals surface area contributed by atoms with Gasteiger partial charge in [-0.25, -0.2) is 4.79 Å². The molecule has 6 nitrogen and oxygen atoms in total. The molecular formula is C28H18ClNO5. The first-order valence-corrected chi connectivity index (χ1v) is 11.2. The molecule has 0 saturated heterocycles. The second-order valence-corrected chi connectivity index (χ2v) is 8.58. The molecule has 0 radical (unpaired) electrons. The largest absolute Gasteiger partial charge is 0.453 e. The highest BCUT2D eigenvalue weighted by Crippen LogP contribution is 2.38. The Labute approximate surface area is 205 Å². The fraction of sp³-hybridized carbons (Fsp3) is 0.0714. The van der Waals surface area contributed by atoms with E-state index >= 15 is 0 Å². The Morgan fingerprint density at radius 2 is 1.57 bits per heavy atom. The van der Waals surface area contributed by atoms with Crippen LogP contribution in [0.15, 0.2) is 91.0 Å². The van der Waals surface area contributed by atoms with Gasteiger partial charge >= 0.3 is 5.97 Å². The highest BCUT2D eigenvalue weighted by atomic mass is 35.5. The Balaban J connectivity index is 1.54. The lowest BCUT2D eigenvalue weighted by Crippen LogP contribution is -2.38. The molecule has 7 heteroatoms. The van der Waals surface area contributed by atoms with Crippen LogP contribution in [0.25, 0.3) is 10.8 Å². The van der Waals surface area contributed by atoms with Crippen molar-refractivity contribution in [2.24, 2.45) is 5.92 Å². The highest BCUT2D eigenvalue weighted by molar-refractivity contribution is 6.45. The van der Waals surface area contributed by atoms with Gasteiger partial charge in [0.1, 0.15) is 12.0 Å². The summed E-state index contributed by atoms with van der Waals surface area (Å²) in [5.41, 5.74) is 1.19. The maximum Gasteiger partial charge on any atom is 0.339 e. The molecule has 4 aromatic rings. The lowest BCUT2D eigenvalue weighted by atomic mass is 9.84. The van der Waals surface area contributed by atoms with Crippen LogP contribution in [0, 0.1) is 5.92 Å². The number of ether oxygens (including phenoxy) is 1. The second kappa shape index (κ2) is 9.16. The number of fused-ring (bicyclic) bond motifs is 2. The van der Waals surface area contributed by atoms with Gasteiger partial charge in [0.2, 0.25) is 5.78 Å². The van der Waals surface area contributed by atoms with E-state index in [0.717, 1.165) is 10.8 Å². The lowest BCUT2D eigenvalue weighted by molar-refractivity contribution is -0.138. The maximum atomic E-state index is 13.7. The first-order chi connectivity index (χ1) is 16.9. The highest BCUT2D eigenvalue weighted by Gasteiger charge is 2.46. The predicted octanol–water partition coefficient (Wildman–Crippen LogP) is 5.41. The second-order valence-electron chi connectivity index (χ2n) is 8.15. The van der Waals surface area contributed by atoms with Crippen LogP contribution in [0.2, 0.25) is 5.02 Å². The molecule has 35 heavy (non-hydrogen) atoms. The van der Waals surface area contributed by atoms with E-state index in [1.165, 1.54) is 6.07 Å². The number of Topliss-reactive ketones (excluding diaryl/α,β-unsaturated/α-hetero) is 2. The summed E-state index contributed by atoms with van der Waals surface area (Å²) in [4.78, 5) is 52.6. The van der Waals surface area contributed by atoms with E-state index in [9.17, 15) is 19.2 Å². The summed E-state index contributed by atoms with van der Waals surface area (Å²) in [6.07, 6.45) is -1.23. The molecule has 1 heterocycles. The van der Waals surface area contributed by atoms with Crippen LogP contribution in [-0.4, -0.2) is 23.4 Å². The van der Waals surface area contributed by atoms with Gasteiger partial charge in [-0.1, -0.05) is 72.3 Å². The molecule has 2 atom stereocenters. The third-order valence-corrected chi connectivity index (χ3v) is 6.16. The average Bonchev–Trinajstić information content (AvgIpc) is 3.20. The summed E-state index contributed by atoms with van der Waals surface area (Å²) in [6, 6.07) is 25.3. The molecule has 5 rings (SSSR count). The minimum atomic E-state index is -1.57. The minimum absolute atomic E-state index is 0.234. The monoisotopic (exact) mass is 483 g/mol. The zero-order valence-electron chi connectivity index (χ0n) is 18.2. The van der Waals surface area contributed by atoms with Crippen LogP contribution in [0.3, 0.4) is 0 Å². The number of hydrogen-bond donors (Lipinski definition) is 1. The number of rotatable bonds is 6. The van der Waals surface area contributed by atoms with Gasteiger partial charge in [0.15, 0.2) is 5.78 Å². The minimum Gasteiger partial charge on any atom is -0.453 e. The number of nitrogens with one attached hydrogen (secondary N) is 1. The lowest BCUT2D eigenvalue weighted by Gasteiger charge is -2.21. The Morgan fingerprint density at radius 1 is 0.829 bits per heavy atom. The third kappa shape index (κ3) is 4.32. The SMILES string of the molecule is O=C(Nc1cccc(Cl)c1)C(=O)[C@@H](C(=O)c1ccc2ccccc2c1)[C@@H]1OC(=O)c2ccccc21. The van der Waals surface area contributed by atoms with E-state index in [1.807, 2.05) is 24.3 Å². The van der Waals surface area contributed by atoms with E-state index in [-0.39, 0.29) is 11.1 Å². The molecule has 0 fully saturated rings. The molecule has 0 unspecified atom stereocenters. The molecule has 0 spiro atoms. The predicted molar refractivity (Wildman–Crippen MR) is 131 cm³/mol. The van der Waals surface area contributed by atoms with E-state index in [0.29, 0.717) is 16.3 Å². The van der Waals surface area contributed by atoms with Crippen molar-refractivity contribution in [3.05, 3.63) is 113 Å². The van der Waals surface area contributed by atoms with E-state index < -0.39 is 35.5 Å². The van der Waals surface area contributed by atoms with Crippen LogP contribution in [0.1, 0.15) is 32.4 Å². The van der Waals surface area contributed by atoms with Gasteiger partial charge in [0.05, 0.1) is 5.56 Å². The topological polar surface area (TPSA) is 89.5 Å². The molecule has 0 bridgehead atoms. The first-order valence-electron chi connectivity index (χ1n) is 10.9. The molecular weight excluding hydrogens is 466 g/mol. The summed E-state index contributed by atoms with van der Waals surface area (Å²) >= 11 is 5.98. The van der Waals surface area contributed by atoms with E-state index in [2.05, 4.69) is 5.32 Å². The van der Waals surface area contributed by atoms with Crippen LogP contribution >= 0.6 is 11.6 Å². The van der Waals surface area contributed by atoms with Gasteiger partial charge in [-0.2, -0.15) is 0 Å². The molecule has 1 aliphatic rings. The number of ketones is 2. The Kier molecular flexibility index (Phi) is 5.89. The number of carbonyl (C=O) groups excluding carboxylic acids is 4. The van der Waals surface area contributed by atoms with Gasteiger partial charge in [-0.15, -0.1) is 0 Å². The summed E-state index contributed by atoms with van der Waals surface area (Å²) in [6.45, 7) is 0. The van der Waals surface area contributed by atoms with Gasteiger partial charge in [0, 0.05) is 21.8 Å². The number of hydrogen-bond acceptors (Lipinski definition) is 5. The van der Waals surface area contributed by atoms with Crippen molar-refractivity contribution in [2.45, 2.75) is 6.10 Å². The molecule has 0 aromatic heterocycles. The fourth-order valence-electron chi connectivity index (χ4n) is 4.24. The molecule has 1 amide bonds. The zero-order valence-corrected chi connectivity index (χ0v) is 19.0. The van der Waals surface area contributed by atoms with Crippen LogP contribution in [0.5, 0.6) is 0 Å². The first kappa shape index (κ1) is 22.5. The summed E-state index contributed by atoms with van der Waals surface area (Å²) in [5, 5.41) is 4.59. The maximum absolute atomic E-state index is 13.7. The molecule has 1 N–H and O–H groups in total. The quantitative estimate of drug-likeness (QED) is 0.171. The Hall–Kier alpha value is -4.29. The third-order valence-electron chi connectivity index (χ3n) is 5.93. The Bertz CT molecular complexity index is 1510. The number of amides is 1. The van der Waals surface area contributed by atoms with Gasteiger partial charge in [-0.05, 0) is 41.1 Å². The van der Waals surface area contributed by atoms with Gasteiger partial charge < -0.3 is 10.1 Å². The van der Waals surface area contributed by atoms with Crippen molar-refractivity contribution in [1.82, 2.24) is 0 Å². The smallest absolute Gasteiger partial charge is 0.339 e. The number of carbonyl (C=O) groups is 4. The Morgan fingerprint density at radius 3 is 2.37 bits per heavy atom. The molecule has 4 aromatic carbocycles. The number of halogens is 1. The zero-order chi connectivity index (χ0) is 24.5. The fourth-order valence-corrected chi connectivity index (χ4v) is 4.43. The van der Waals surface area contributed by atoms with Crippen LogP contribution < -0.4 is 5.32 Å². The van der Waals surface area contributed by atoms with Gasteiger partial charge in [-0.3, -0.25) is 14.4 Å². The number of anilines is 1. The molecule has 172 valence electrons. The summed E-state index contributed by atoms with van der Waals surface area (Å²) in [7, 11) is 0. The van der Waals surface area contributed by atoms with Crippen molar-refractivity contribution in [2.75, 3.05) is 5.32 Å². The van der Waals surface area contributed by atoms with Crippen LogP contribution in [0.4, 0.5) is 5.69 Å². The van der Waals surface area contributed by atoms with Crippen molar-refractivity contribution >= 4 is 51.5 Å². The number of benzene rings is 4. The normalized spacial score (nSPS) is 15.2. The van der Waals surface area contributed by atoms with Crippen LogP contribution in [-0.2, 0) is 14.3 Å². The summed E-state index contributed by atoms with van der Waals surface area (Å²) in [5.74, 6) is -4.85. The number of cyclic esters (lactones) is 1. The average molecular weight is 484 g/mol.